The number of rotatable bonds is 7. The van der Waals surface area contributed by atoms with Crippen molar-refractivity contribution in [3.8, 4) is 11.4 Å². The number of aromatic nitrogens is 2. The molecule has 1 amide bonds. The van der Waals surface area contributed by atoms with Gasteiger partial charge in [0.15, 0.2) is 0 Å². The summed E-state index contributed by atoms with van der Waals surface area (Å²) in [7, 11) is 0. The third-order valence-corrected chi connectivity index (χ3v) is 5.62. The average molecular weight is 399 g/mol. The molecular formula is C22H30N4O3. The maximum absolute atomic E-state index is 12.6. The molecule has 29 heavy (non-hydrogen) atoms. The number of morpholine rings is 1. The first-order valence-electron chi connectivity index (χ1n) is 10.6. The van der Waals surface area contributed by atoms with Crippen molar-refractivity contribution >= 4 is 5.91 Å². The van der Waals surface area contributed by atoms with Gasteiger partial charge in [0.05, 0.1) is 37.3 Å². The Kier molecular flexibility index (Phi) is 6.46. The molecule has 1 aromatic heterocycles. The summed E-state index contributed by atoms with van der Waals surface area (Å²) >= 11 is 0. The van der Waals surface area contributed by atoms with Crippen molar-refractivity contribution in [2.45, 2.75) is 19.8 Å². The van der Waals surface area contributed by atoms with E-state index in [9.17, 15) is 4.79 Å². The highest BCUT2D eigenvalue weighted by Crippen LogP contribution is 2.18. The largest absolute Gasteiger partial charge is 0.494 e. The van der Waals surface area contributed by atoms with Crippen LogP contribution in [-0.2, 0) is 4.74 Å². The van der Waals surface area contributed by atoms with Gasteiger partial charge >= 0.3 is 0 Å². The van der Waals surface area contributed by atoms with Gasteiger partial charge in [0.1, 0.15) is 5.75 Å². The van der Waals surface area contributed by atoms with Crippen LogP contribution in [0.1, 0.15) is 30.1 Å². The third-order valence-electron chi connectivity index (χ3n) is 5.62. The molecule has 1 unspecified atom stereocenters. The molecule has 3 heterocycles. The van der Waals surface area contributed by atoms with E-state index in [0.717, 1.165) is 36.9 Å². The molecule has 2 aliphatic heterocycles. The average Bonchev–Trinajstić information content (AvgIpc) is 3.41. The summed E-state index contributed by atoms with van der Waals surface area (Å²) < 4.78 is 12.9. The van der Waals surface area contributed by atoms with Crippen molar-refractivity contribution in [1.29, 1.82) is 0 Å². The minimum atomic E-state index is 0.00639. The lowest BCUT2D eigenvalue weighted by atomic mass is 10.2. The van der Waals surface area contributed by atoms with Crippen LogP contribution < -0.4 is 4.74 Å². The van der Waals surface area contributed by atoms with Crippen molar-refractivity contribution in [1.82, 2.24) is 19.6 Å². The Labute approximate surface area is 172 Å². The second-order valence-corrected chi connectivity index (χ2v) is 7.97. The molecule has 7 heteroatoms. The minimum absolute atomic E-state index is 0.00639. The number of likely N-dealkylation sites (tertiary alicyclic amines) is 1. The first kappa shape index (κ1) is 19.9. The van der Waals surface area contributed by atoms with Crippen LogP contribution in [0.25, 0.3) is 5.69 Å². The summed E-state index contributed by atoms with van der Waals surface area (Å²) in [6.07, 6.45) is 5.77. The van der Waals surface area contributed by atoms with Crippen LogP contribution in [0.15, 0.2) is 36.7 Å². The standard InChI is InChI=1S/C22H30N4O3/c1-18-7-9-24(16-18)8-2-12-29-21-5-3-20(4-6-21)26-17-19(15-23-26)22(27)25-10-13-28-14-11-25/h3-6,15,17-18H,2,7-14,16H2,1H3. The predicted molar refractivity (Wildman–Crippen MR) is 111 cm³/mol. The summed E-state index contributed by atoms with van der Waals surface area (Å²) in [6.45, 7) is 9.04. The van der Waals surface area contributed by atoms with Gasteiger partial charge in [-0.1, -0.05) is 6.92 Å². The van der Waals surface area contributed by atoms with Gasteiger partial charge in [-0.25, -0.2) is 4.68 Å². The zero-order valence-corrected chi connectivity index (χ0v) is 17.1. The molecule has 2 aliphatic rings. The van der Waals surface area contributed by atoms with Crippen molar-refractivity contribution in [2.24, 2.45) is 5.92 Å². The molecule has 0 radical (unpaired) electrons. The van der Waals surface area contributed by atoms with Gasteiger partial charge in [0.25, 0.3) is 5.91 Å². The van der Waals surface area contributed by atoms with Gasteiger partial charge < -0.3 is 19.3 Å². The van der Waals surface area contributed by atoms with Crippen LogP contribution in [0.3, 0.4) is 0 Å². The number of benzene rings is 1. The van der Waals surface area contributed by atoms with Crippen LogP contribution in [0.2, 0.25) is 0 Å². The summed E-state index contributed by atoms with van der Waals surface area (Å²) in [4.78, 5) is 16.9. The topological polar surface area (TPSA) is 59.8 Å². The normalized spacial score (nSPS) is 20.2. The second-order valence-electron chi connectivity index (χ2n) is 7.97. The lowest BCUT2D eigenvalue weighted by Gasteiger charge is -2.26. The number of amides is 1. The lowest BCUT2D eigenvalue weighted by molar-refractivity contribution is 0.0303. The maximum Gasteiger partial charge on any atom is 0.257 e. The molecule has 1 atom stereocenters. The van der Waals surface area contributed by atoms with Crippen LogP contribution >= 0.6 is 0 Å². The smallest absolute Gasteiger partial charge is 0.257 e. The molecule has 7 nitrogen and oxygen atoms in total. The Morgan fingerprint density at radius 2 is 2.00 bits per heavy atom. The molecule has 0 spiro atoms. The predicted octanol–water partition coefficient (Wildman–Crippen LogP) is 2.46. The van der Waals surface area contributed by atoms with Crippen LogP contribution in [-0.4, -0.2) is 78.0 Å². The Hall–Kier alpha value is -2.38. The first-order chi connectivity index (χ1) is 14.2. The van der Waals surface area contributed by atoms with E-state index in [0.29, 0.717) is 31.9 Å². The first-order valence-corrected chi connectivity index (χ1v) is 10.6. The molecule has 1 aromatic carbocycles. The summed E-state index contributed by atoms with van der Waals surface area (Å²) in [5, 5.41) is 4.35. The molecule has 2 fully saturated rings. The highest BCUT2D eigenvalue weighted by Gasteiger charge is 2.20. The number of carbonyl (C=O) groups is 1. The Bertz CT molecular complexity index is 799. The highest BCUT2D eigenvalue weighted by molar-refractivity contribution is 5.93. The fraction of sp³-hybridized carbons (Fsp3) is 0.545. The Morgan fingerprint density at radius 3 is 2.72 bits per heavy atom. The van der Waals surface area contributed by atoms with Gasteiger partial charge in [0.2, 0.25) is 0 Å². The summed E-state index contributed by atoms with van der Waals surface area (Å²) in [5.74, 6) is 1.70. The van der Waals surface area contributed by atoms with Crippen molar-refractivity contribution in [3.05, 3.63) is 42.2 Å². The number of nitrogens with zero attached hydrogens (tertiary/aromatic N) is 4. The molecule has 0 aliphatic carbocycles. The summed E-state index contributed by atoms with van der Waals surface area (Å²) in [5.41, 5.74) is 1.51. The van der Waals surface area contributed by atoms with E-state index in [1.165, 1.54) is 19.5 Å². The van der Waals surface area contributed by atoms with Gasteiger partial charge in [-0.05, 0) is 49.6 Å². The fourth-order valence-corrected chi connectivity index (χ4v) is 3.93. The van der Waals surface area contributed by atoms with Crippen molar-refractivity contribution in [2.75, 3.05) is 52.5 Å². The van der Waals surface area contributed by atoms with E-state index in [4.69, 9.17) is 9.47 Å². The Morgan fingerprint density at radius 1 is 1.21 bits per heavy atom. The van der Waals surface area contributed by atoms with E-state index in [1.807, 2.05) is 29.2 Å². The van der Waals surface area contributed by atoms with E-state index in [1.54, 1.807) is 17.1 Å². The highest BCUT2D eigenvalue weighted by atomic mass is 16.5. The molecule has 0 bridgehead atoms. The fourth-order valence-electron chi connectivity index (χ4n) is 3.93. The van der Waals surface area contributed by atoms with Crippen LogP contribution in [0.4, 0.5) is 0 Å². The molecule has 0 saturated carbocycles. The molecular weight excluding hydrogens is 368 g/mol. The SMILES string of the molecule is CC1CCN(CCCOc2ccc(-n3cc(C(=O)N4CCOCC4)cn3)cc2)C1. The number of carbonyl (C=O) groups excluding carboxylic acids is 1. The maximum atomic E-state index is 12.6. The number of ether oxygens (including phenoxy) is 2. The van der Waals surface area contributed by atoms with Crippen molar-refractivity contribution in [3.63, 3.8) is 0 Å². The molecule has 2 saturated heterocycles. The third kappa shape index (κ3) is 5.16. The zero-order chi connectivity index (χ0) is 20.1. The molecule has 156 valence electrons. The van der Waals surface area contributed by atoms with Gasteiger partial charge in [-0.3, -0.25) is 4.79 Å². The van der Waals surface area contributed by atoms with E-state index < -0.39 is 0 Å². The number of hydrogen-bond acceptors (Lipinski definition) is 5. The molecule has 0 N–H and O–H groups in total. The Balaban J connectivity index is 1.26. The van der Waals surface area contributed by atoms with E-state index >= 15 is 0 Å². The van der Waals surface area contributed by atoms with E-state index in [2.05, 4.69) is 16.9 Å². The van der Waals surface area contributed by atoms with Gasteiger partial charge in [0, 0.05) is 32.4 Å². The zero-order valence-electron chi connectivity index (χ0n) is 17.1. The van der Waals surface area contributed by atoms with Crippen molar-refractivity contribution < 1.29 is 14.3 Å². The monoisotopic (exact) mass is 398 g/mol. The van der Waals surface area contributed by atoms with Crippen LogP contribution in [0.5, 0.6) is 5.75 Å². The molecule has 4 rings (SSSR count). The van der Waals surface area contributed by atoms with Gasteiger partial charge in [-0.2, -0.15) is 5.10 Å². The van der Waals surface area contributed by atoms with Crippen LogP contribution in [0, 0.1) is 5.92 Å². The second kappa shape index (κ2) is 9.41. The quantitative estimate of drug-likeness (QED) is 0.671. The summed E-state index contributed by atoms with van der Waals surface area (Å²) in [6, 6.07) is 7.85. The number of hydrogen-bond donors (Lipinski definition) is 0. The van der Waals surface area contributed by atoms with Gasteiger partial charge in [-0.15, -0.1) is 0 Å². The van der Waals surface area contributed by atoms with E-state index in [-0.39, 0.29) is 5.91 Å². The molecule has 2 aromatic rings. The minimum Gasteiger partial charge on any atom is -0.494 e. The lowest BCUT2D eigenvalue weighted by Crippen LogP contribution is -2.40.